The fourth-order valence-electron chi connectivity index (χ4n) is 4.40. The van der Waals surface area contributed by atoms with Crippen LogP contribution < -0.4 is 5.32 Å². The molecule has 2 atom stereocenters. The molecule has 2 aliphatic heterocycles. The zero-order chi connectivity index (χ0) is 18.6. The number of hydrogen-bond donors (Lipinski definition) is 1. The van der Waals surface area contributed by atoms with Gasteiger partial charge in [0.25, 0.3) is 0 Å². The summed E-state index contributed by atoms with van der Waals surface area (Å²) in [5.74, 6) is 0.362. The average molecular weight is 388 g/mol. The van der Waals surface area contributed by atoms with Crippen molar-refractivity contribution in [2.75, 3.05) is 19.6 Å². The summed E-state index contributed by atoms with van der Waals surface area (Å²) in [4.78, 5) is 19.6. The minimum atomic E-state index is -0.255. The van der Waals surface area contributed by atoms with Crippen LogP contribution in [0, 0.1) is 11.7 Å². The van der Waals surface area contributed by atoms with Gasteiger partial charge < -0.3 is 10.2 Å². The normalized spacial score (nSPS) is 23.0. The lowest BCUT2D eigenvalue weighted by molar-refractivity contribution is -0.120. The van der Waals surface area contributed by atoms with Gasteiger partial charge in [0.2, 0.25) is 5.91 Å². The third-order valence-corrected chi connectivity index (χ3v) is 6.71. The largest absolute Gasteiger partial charge is 0.355 e. The third kappa shape index (κ3) is 4.55. The number of nitrogens with zero attached hydrogens (tertiary/aromatic N) is 2. The van der Waals surface area contributed by atoms with E-state index in [4.69, 9.17) is 0 Å². The van der Waals surface area contributed by atoms with Gasteiger partial charge in [0.1, 0.15) is 10.8 Å². The molecule has 2 aliphatic rings. The van der Waals surface area contributed by atoms with E-state index >= 15 is 0 Å². The molecule has 3 heterocycles. The Hall–Kier alpha value is -1.79. The monoisotopic (exact) mass is 387 g/mol. The second kappa shape index (κ2) is 8.48. The van der Waals surface area contributed by atoms with E-state index in [-0.39, 0.29) is 11.7 Å². The summed E-state index contributed by atoms with van der Waals surface area (Å²) in [6.07, 6.45) is 6.66. The molecule has 2 aromatic rings. The van der Waals surface area contributed by atoms with Crippen molar-refractivity contribution in [2.24, 2.45) is 5.92 Å². The van der Waals surface area contributed by atoms with E-state index in [1.807, 2.05) is 5.38 Å². The Bertz CT molecular complexity index is 774. The van der Waals surface area contributed by atoms with Crippen LogP contribution in [0.3, 0.4) is 0 Å². The van der Waals surface area contributed by atoms with Crippen molar-refractivity contribution in [1.82, 2.24) is 15.2 Å². The predicted molar refractivity (Wildman–Crippen MR) is 106 cm³/mol. The zero-order valence-electron chi connectivity index (χ0n) is 15.5. The minimum Gasteiger partial charge on any atom is -0.355 e. The molecule has 0 bridgehead atoms. The van der Waals surface area contributed by atoms with Gasteiger partial charge in [0.05, 0.1) is 12.1 Å². The number of carbonyl (C=O) groups is 1. The highest BCUT2D eigenvalue weighted by Gasteiger charge is 2.32. The van der Waals surface area contributed by atoms with Crippen molar-refractivity contribution < 1.29 is 9.18 Å². The molecule has 0 radical (unpaired) electrons. The topological polar surface area (TPSA) is 45.2 Å². The number of piperidine rings is 2. The number of fused-ring (bicyclic) bond motifs is 1. The molecule has 1 amide bonds. The van der Waals surface area contributed by atoms with E-state index in [1.165, 1.54) is 68.7 Å². The Balaban J connectivity index is 1.30. The zero-order valence-corrected chi connectivity index (χ0v) is 16.3. The summed E-state index contributed by atoms with van der Waals surface area (Å²) in [5.41, 5.74) is 1.66. The van der Waals surface area contributed by atoms with E-state index in [1.54, 1.807) is 12.1 Å². The van der Waals surface area contributed by atoms with Crippen LogP contribution in [0.15, 0.2) is 29.6 Å². The molecule has 1 aromatic heterocycles. The van der Waals surface area contributed by atoms with Gasteiger partial charge in [-0.15, -0.1) is 11.3 Å². The van der Waals surface area contributed by atoms with Gasteiger partial charge in [-0.2, -0.15) is 0 Å². The number of carbonyl (C=O) groups excluding carboxylic acids is 1. The highest BCUT2D eigenvalue weighted by atomic mass is 32.1. The second-order valence-electron chi connectivity index (χ2n) is 7.63. The lowest BCUT2D eigenvalue weighted by atomic mass is 9.83. The minimum absolute atomic E-state index is 0.0406. The second-order valence-corrected chi connectivity index (χ2v) is 8.49. The maximum Gasteiger partial charge on any atom is 0.226 e. The highest BCUT2D eigenvalue weighted by molar-refractivity contribution is 7.13. The van der Waals surface area contributed by atoms with Gasteiger partial charge in [0, 0.05) is 23.5 Å². The first-order chi connectivity index (χ1) is 13.2. The number of thiazole rings is 1. The van der Waals surface area contributed by atoms with Crippen LogP contribution in [-0.2, 0) is 11.2 Å². The number of nitrogens with one attached hydrogen (secondary N) is 1. The number of rotatable bonds is 5. The molecule has 1 N–H and O–H groups in total. The van der Waals surface area contributed by atoms with E-state index < -0.39 is 0 Å². The fraction of sp³-hybridized carbons (Fsp3) is 0.524. The highest BCUT2D eigenvalue weighted by Crippen LogP contribution is 2.30. The van der Waals surface area contributed by atoms with Crippen LogP contribution in [0.1, 0.15) is 37.8 Å². The molecule has 2 saturated heterocycles. The van der Waals surface area contributed by atoms with Gasteiger partial charge in [-0.3, -0.25) is 4.79 Å². The number of hydrogen-bond acceptors (Lipinski definition) is 4. The average Bonchev–Trinajstić information content (AvgIpc) is 3.15. The Labute approximate surface area is 163 Å². The van der Waals surface area contributed by atoms with Gasteiger partial charge >= 0.3 is 0 Å². The quantitative estimate of drug-likeness (QED) is 0.847. The van der Waals surface area contributed by atoms with Crippen molar-refractivity contribution in [3.05, 3.63) is 41.2 Å². The smallest absolute Gasteiger partial charge is 0.226 e. The SMILES string of the molecule is O=C(Cc1csc(-c2ccc(F)cc2)n1)NC[C@H]1CCCN2CCCC[C@H]12. The summed E-state index contributed by atoms with van der Waals surface area (Å²) in [6, 6.07) is 6.95. The van der Waals surface area contributed by atoms with Crippen LogP contribution in [0.4, 0.5) is 4.39 Å². The maximum atomic E-state index is 13.0. The molecule has 4 nitrogen and oxygen atoms in total. The maximum absolute atomic E-state index is 13.0. The van der Waals surface area contributed by atoms with Crippen LogP contribution in [0.5, 0.6) is 0 Å². The number of aromatic nitrogens is 1. The number of amides is 1. The van der Waals surface area contributed by atoms with E-state index in [9.17, 15) is 9.18 Å². The third-order valence-electron chi connectivity index (χ3n) is 5.77. The Morgan fingerprint density at radius 2 is 2.00 bits per heavy atom. The molecule has 2 fully saturated rings. The van der Waals surface area contributed by atoms with Crippen LogP contribution in [-0.4, -0.2) is 41.5 Å². The summed E-state index contributed by atoms with van der Waals surface area (Å²) in [6.45, 7) is 3.22. The fourth-order valence-corrected chi connectivity index (χ4v) is 5.23. The van der Waals surface area contributed by atoms with E-state index in [0.717, 1.165) is 22.8 Å². The molecular weight excluding hydrogens is 361 g/mol. The van der Waals surface area contributed by atoms with Crippen molar-refractivity contribution in [3.63, 3.8) is 0 Å². The molecule has 0 unspecified atom stereocenters. The Morgan fingerprint density at radius 3 is 2.85 bits per heavy atom. The van der Waals surface area contributed by atoms with Gasteiger partial charge in [-0.05, 0) is 69.0 Å². The molecule has 4 rings (SSSR count). The van der Waals surface area contributed by atoms with Gasteiger partial charge in [-0.1, -0.05) is 6.42 Å². The molecule has 0 aliphatic carbocycles. The molecule has 0 spiro atoms. The number of halogens is 1. The number of benzene rings is 1. The van der Waals surface area contributed by atoms with Crippen molar-refractivity contribution in [2.45, 2.75) is 44.6 Å². The molecule has 6 heteroatoms. The summed E-state index contributed by atoms with van der Waals surface area (Å²) < 4.78 is 13.0. The van der Waals surface area contributed by atoms with Crippen LogP contribution in [0.2, 0.25) is 0 Å². The molecule has 27 heavy (non-hydrogen) atoms. The summed E-state index contributed by atoms with van der Waals surface area (Å²) >= 11 is 1.49. The van der Waals surface area contributed by atoms with Gasteiger partial charge in [-0.25, -0.2) is 9.37 Å². The van der Waals surface area contributed by atoms with E-state index in [0.29, 0.717) is 18.4 Å². The standard InChI is InChI=1S/C21H26FN3OS/c22-17-8-6-15(7-9-17)21-24-18(14-27-21)12-20(26)23-13-16-4-3-11-25-10-2-1-5-19(16)25/h6-9,14,16,19H,1-5,10-13H2,(H,23,26)/t16-,19-/m1/s1. The van der Waals surface area contributed by atoms with Crippen LogP contribution >= 0.6 is 11.3 Å². The van der Waals surface area contributed by atoms with Crippen molar-refractivity contribution >= 4 is 17.2 Å². The first-order valence-corrected chi connectivity index (χ1v) is 10.8. The molecule has 0 saturated carbocycles. The Kier molecular flexibility index (Phi) is 5.83. The molecular formula is C21H26FN3OS. The Morgan fingerprint density at radius 1 is 1.19 bits per heavy atom. The first-order valence-electron chi connectivity index (χ1n) is 9.90. The predicted octanol–water partition coefficient (Wildman–Crippen LogP) is 3.87. The lowest BCUT2D eigenvalue weighted by Gasteiger charge is -2.44. The van der Waals surface area contributed by atoms with Crippen molar-refractivity contribution in [3.8, 4) is 10.6 Å². The summed E-state index contributed by atoms with van der Waals surface area (Å²) in [5, 5.41) is 5.88. The molecule has 144 valence electrons. The summed E-state index contributed by atoms with van der Waals surface area (Å²) in [7, 11) is 0. The molecule has 1 aromatic carbocycles. The van der Waals surface area contributed by atoms with E-state index in [2.05, 4.69) is 15.2 Å². The van der Waals surface area contributed by atoms with Crippen LogP contribution in [0.25, 0.3) is 10.6 Å². The van der Waals surface area contributed by atoms with Crippen molar-refractivity contribution in [1.29, 1.82) is 0 Å². The first kappa shape index (κ1) is 18.6. The van der Waals surface area contributed by atoms with Gasteiger partial charge in [0.15, 0.2) is 0 Å². The lowest BCUT2D eigenvalue weighted by Crippen LogP contribution is -2.51.